The average molecular weight is 518 g/mol. The number of carbonyl (C=O) groups is 1. The number of ether oxygens (including phenoxy) is 2. The van der Waals surface area contributed by atoms with Crippen molar-refractivity contribution in [3.63, 3.8) is 0 Å². The predicted molar refractivity (Wildman–Crippen MR) is 144 cm³/mol. The highest BCUT2D eigenvalue weighted by molar-refractivity contribution is 6.00. The molecule has 1 fully saturated rings. The van der Waals surface area contributed by atoms with Gasteiger partial charge < -0.3 is 20.5 Å². The Hall–Kier alpha value is -4.02. The second kappa shape index (κ2) is 11.6. The number of pyridine rings is 2. The smallest absolute Gasteiger partial charge is 0.278 e. The molecule has 4 heterocycles. The van der Waals surface area contributed by atoms with Crippen LogP contribution in [0.1, 0.15) is 22.3 Å². The van der Waals surface area contributed by atoms with E-state index in [1.54, 1.807) is 31.5 Å². The topological polar surface area (TPSA) is 115 Å². The Morgan fingerprint density at radius 2 is 1.97 bits per heavy atom. The fourth-order valence-electron chi connectivity index (χ4n) is 4.79. The van der Waals surface area contributed by atoms with Crippen LogP contribution in [-0.4, -0.2) is 66.7 Å². The Labute approximate surface area is 220 Å². The number of nitrogen functional groups attached to an aromatic ring is 1. The number of anilines is 1. The molecule has 0 spiro atoms. The lowest BCUT2D eigenvalue weighted by atomic mass is 10.1. The lowest BCUT2D eigenvalue weighted by Gasteiger charge is -2.26. The molecule has 0 bridgehead atoms. The van der Waals surface area contributed by atoms with E-state index in [0.717, 1.165) is 50.6 Å². The van der Waals surface area contributed by atoms with Crippen molar-refractivity contribution in [1.82, 2.24) is 19.6 Å². The van der Waals surface area contributed by atoms with E-state index < -0.39 is 0 Å². The molecule has 38 heavy (non-hydrogen) atoms. The minimum Gasteiger partial charge on any atom is -0.497 e. The maximum Gasteiger partial charge on any atom is 0.278 e. The van der Waals surface area contributed by atoms with Crippen molar-refractivity contribution in [2.45, 2.75) is 19.4 Å². The number of nitrogens with zero attached hydrogens (tertiary/aromatic N) is 4. The van der Waals surface area contributed by atoms with Gasteiger partial charge in [0.25, 0.3) is 17.1 Å². The van der Waals surface area contributed by atoms with Crippen LogP contribution in [0.2, 0.25) is 0 Å². The molecule has 198 valence electrons. The highest BCUT2D eigenvalue weighted by Crippen LogP contribution is 2.16. The Kier molecular flexibility index (Phi) is 7.81. The van der Waals surface area contributed by atoms with Gasteiger partial charge in [0.05, 0.1) is 26.9 Å². The number of aryl methyl sites for hydroxylation is 1. The number of benzene rings is 1. The summed E-state index contributed by atoms with van der Waals surface area (Å²) in [6.45, 7) is 5.06. The molecule has 1 aliphatic rings. The lowest BCUT2D eigenvalue weighted by molar-refractivity contribution is -0.659. The van der Waals surface area contributed by atoms with Gasteiger partial charge in [-0.1, -0.05) is 23.2 Å². The summed E-state index contributed by atoms with van der Waals surface area (Å²) in [4.78, 5) is 33.8. The number of morpholine rings is 1. The first-order valence-electron chi connectivity index (χ1n) is 12.9. The fourth-order valence-corrected chi connectivity index (χ4v) is 4.79. The van der Waals surface area contributed by atoms with E-state index in [4.69, 9.17) is 20.2 Å². The van der Waals surface area contributed by atoms with E-state index in [2.05, 4.69) is 10.2 Å². The molecule has 1 saturated heterocycles. The molecule has 1 amide bonds. The molecule has 3 N–H and O–H groups in total. The highest BCUT2D eigenvalue weighted by atomic mass is 16.5. The summed E-state index contributed by atoms with van der Waals surface area (Å²) in [5, 5.41) is 3.31. The van der Waals surface area contributed by atoms with Gasteiger partial charge in [0, 0.05) is 32.4 Å². The van der Waals surface area contributed by atoms with Gasteiger partial charge in [0.2, 0.25) is 11.5 Å². The van der Waals surface area contributed by atoms with Gasteiger partial charge in [-0.3, -0.25) is 18.9 Å². The van der Waals surface area contributed by atoms with Crippen LogP contribution in [0.25, 0.3) is 16.7 Å². The minimum absolute atomic E-state index is 0.236. The summed E-state index contributed by atoms with van der Waals surface area (Å²) < 4.78 is 13.9. The maximum absolute atomic E-state index is 13.4. The van der Waals surface area contributed by atoms with E-state index in [1.807, 2.05) is 34.9 Å². The van der Waals surface area contributed by atoms with E-state index >= 15 is 0 Å². The molecular weight excluding hydrogens is 484 g/mol. The molecule has 5 rings (SSSR count). The summed E-state index contributed by atoms with van der Waals surface area (Å²) in [5.41, 5.74) is 8.71. The van der Waals surface area contributed by atoms with Crippen molar-refractivity contribution in [2.75, 3.05) is 52.2 Å². The Balaban J connectivity index is 1.42. The van der Waals surface area contributed by atoms with E-state index in [1.165, 1.54) is 4.40 Å². The number of hydrogen-bond donors (Lipinski definition) is 2. The minimum atomic E-state index is -0.322. The quantitative estimate of drug-likeness (QED) is 0.255. The van der Waals surface area contributed by atoms with Crippen molar-refractivity contribution in [3.8, 4) is 5.75 Å². The Morgan fingerprint density at radius 3 is 2.74 bits per heavy atom. The third-order valence-corrected chi connectivity index (χ3v) is 6.92. The van der Waals surface area contributed by atoms with Crippen molar-refractivity contribution in [2.24, 2.45) is 0 Å². The Bertz CT molecular complexity index is 1500. The molecule has 1 aliphatic heterocycles. The molecule has 0 saturated carbocycles. The van der Waals surface area contributed by atoms with Gasteiger partial charge >= 0.3 is 0 Å². The van der Waals surface area contributed by atoms with Crippen LogP contribution in [0.4, 0.5) is 5.82 Å². The SMILES string of the molecule is COc1ccc(CCNC(=O)c2cc3c(=O)n4ccccc4nc3[n+](CCCN3CCOCC3)c2N)cc1. The van der Waals surface area contributed by atoms with Crippen molar-refractivity contribution < 1.29 is 18.8 Å². The van der Waals surface area contributed by atoms with Crippen LogP contribution in [0.3, 0.4) is 0 Å². The summed E-state index contributed by atoms with van der Waals surface area (Å²) in [6, 6.07) is 14.7. The van der Waals surface area contributed by atoms with Gasteiger partial charge in [-0.15, -0.1) is 0 Å². The van der Waals surface area contributed by atoms with Gasteiger partial charge in [-0.2, -0.15) is 0 Å². The predicted octanol–water partition coefficient (Wildman–Crippen LogP) is 1.42. The van der Waals surface area contributed by atoms with E-state index in [-0.39, 0.29) is 17.0 Å². The van der Waals surface area contributed by atoms with Crippen LogP contribution >= 0.6 is 0 Å². The zero-order valence-electron chi connectivity index (χ0n) is 21.6. The van der Waals surface area contributed by atoms with Crippen LogP contribution < -0.4 is 25.9 Å². The van der Waals surface area contributed by atoms with E-state index in [9.17, 15) is 9.59 Å². The number of nitrogens with one attached hydrogen (secondary N) is 1. The summed E-state index contributed by atoms with van der Waals surface area (Å²) in [7, 11) is 1.63. The van der Waals surface area contributed by atoms with E-state index in [0.29, 0.717) is 42.0 Å². The number of nitrogens with two attached hydrogens (primary N) is 1. The van der Waals surface area contributed by atoms with Gasteiger partial charge in [0.15, 0.2) is 0 Å². The number of aromatic nitrogens is 3. The zero-order chi connectivity index (χ0) is 26.5. The molecule has 0 unspecified atom stereocenters. The first kappa shape index (κ1) is 25.6. The molecule has 3 aromatic heterocycles. The van der Waals surface area contributed by atoms with Crippen LogP contribution in [0, 0.1) is 0 Å². The van der Waals surface area contributed by atoms with Gasteiger partial charge in [0.1, 0.15) is 16.7 Å². The van der Waals surface area contributed by atoms with Crippen molar-refractivity contribution >= 4 is 28.4 Å². The summed E-state index contributed by atoms with van der Waals surface area (Å²) in [5.74, 6) is 0.762. The molecule has 10 heteroatoms. The summed E-state index contributed by atoms with van der Waals surface area (Å²) >= 11 is 0. The third kappa shape index (κ3) is 5.46. The molecule has 0 radical (unpaired) electrons. The third-order valence-electron chi connectivity index (χ3n) is 6.92. The lowest BCUT2D eigenvalue weighted by Crippen LogP contribution is -2.44. The van der Waals surface area contributed by atoms with Crippen molar-refractivity contribution in [1.29, 1.82) is 0 Å². The van der Waals surface area contributed by atoms with Crippen LogP contribution in [-0.2, 0) is 17.7 Å². The molecule has 0 atom stereocenters. The van der Waals surface area contributed by atoms with Crippen LogP contribution in [0.15, 0.2) is 59.5 Å². The first-order chi connectivity index (χ1) is 18.5. The molecular formula is C28H33N6O4+. The number of amides is 1. The number of fused-ring (bicyclic) bond motifs is 2. The van der Waals surface area contributed by atoms with Gasteiger partial charge in [-0.05, 0) is 48.7 Å². The molecule has 4 aromatic rings. The maximum atomic E-state index is 13.4. The average Bonchev–Trinajstić information content (AvgIpc) is 2.95. The number of carbonyl (C=O) groups excluding carboxylic acids is 1. The number of methoxy groups -OCH3 is 1. The second-order valence-corrected chi connectivity index (χ2v) is 9.34. The van der Waals surface area contributed by atoms with Gasteiger partial charge in [-0.25, -0.2) is 4.57 Å². The molecule has 1 aromatic carbocycles. The monoisotopic (exact) mass is 517 g/mol. The number of hydrogen-bond acceptors (Lipinski definition) is 7. The largest absolute Gasteiger partial charge is 0.497 e. The standard InChI is InChI=1S/C28H32N6O4/c1-37-21-8-6-20(7-9-21)10-11-30-27(35)22-19-23-26(31-24-5-2-3-13-33(24)28(23)36)34(25(22)29)14-4-12-32-15-17-38-18-16-32/h2-3,5-9,13,19,29H,4,10-12,14-18H2,1H3,(H,30,35)/p+1. The highest BCUT2D eigenvalue weighted by Gasteiger charge is 2.24. The number of rotatable bonds is 9. The van der Waals surface area contributed by atoms with Crippen LogP contribution in [0.5, 0.6) is 5.75 Å². The second-order valence-electron chi connectivity index (χ2n) is 9.34. The normalized spacial score (nSPS) is 14.1. The first-order valence-corrected chi connectivity index (χ1v) is 12.9. The van der Waals surface area contributed by atoms with Crippen molar-refractivity contribution in [3.05, 3.63) is 76.2 Å². The fraction of sp³-hybridized carbons (Fsp3) is 0.357. The Morgan fingerprint density at radius 1 is 1.18 bits per heavy atom. The molecule has 0 aliphatic carbocycles. The summed E-state index contributed by atoms with van der Waals surface area (Å²) in [6.07, 6.45) is 3.12. The molecule has 10 nitrogen and oxygen atoms in total. The zero-order valence-corrected chi connectivity index (χ0v) is 21.6.